The Bertz CT molecular complexity index is 1140. The van der Waals surface area contributed by atoms with E-state index in [1.165, 1.54) is 17.4 Å². The highest BCUT2D eigenvalue weighted by Crippen LogP contribution is 2.47. The van der Waals surface area contributed by atoms with Crippen LogP contribution in [0.4, 0.5) is 14.5 Å². The maximum Gasteiger partial charge on any atom is 0.329 e. The van der Waals surface area contributed by atoms with Crippen molar-refractivity contribution in [3.8, 4) is 10.4 Å². The van der Waals surface area contributed by atoms with E-state index in [1.54, 1.807) is 18.3 Å². The number of nitrogens with zero attached hydrogens (tertiary/aromatic N) is 1. The second-order valence-corrected chi connectivity index (χ2v) is 8.64. The lowest BCUT2D eigenvalue weighted by Gasteiger charge is -2.39. The third kappa shape index (κ3) is 4.84. The van der Waals surface area contributed by atoms with Gasteiger partial charge in [0.2, 0.25) is 5.91 Å². The van der Waals surface area contributed by atoms with Crippen molar-refractivity contribution in [2.75, 3.05) is 11.9 Å². The minimum atomic E-state index is -1.00. The summed E-state index contributed by atoms with van der Waals surface area (Å²) in [6, 6.07) is 10.6. The number of carbonyl (C=O) groups is 2. The molecule has 1 aliphatic rings. The Morgan fingerprint density at radius 2 is 1.88 bits per heavy atom. The third-order valence-electron chi connectivity index (χ3n) is 5.33. The van der Waals surface area contributed by atoms with Crippen LogP contribution in [0.25, 0.3) is 10.4 Å². The number of benzene rings is 2. The van der Waals surface area contributed by atoms with E-state index in [0.717, 1.165) is 46.8 Å². The van der Waals surface area contributed by atoms with Crippen LogP contribution in [0.3, 0.4) is 0 Å². The van der Waals surface area contributed by atoms with Gasteiger partial charge < -0.3 is 15.2 Å². The van der Waals surface area contributed by atoms with E-state index in [9.17, 15) is 18.4 Å². The molecule has 1 heterocycles. The highest BCUT2D eigenvalue weighted by atomic mass is 32.1. The molecule has 0 spiro atoms. The number of thiazole rings is 1. The molecule has 1 aromatic heterocycles. The van der Waals surface area contributed by atoms with Gasteiger partial charge in [-0.05, 0) is 54.7 Å². The highest BCUT2D eigenvalue weighted by molar-refractivity contribution is 7.15. The summed E-state index contributed by atoms with van der Waals surface area (Å²) in [5, 5.41) is 12.4. The van der Waals surface area contributed by atoms with Gasteiger partial charge in [-0.2, -0.15) is 0 Å². The summed E-state index contributed by atoms with van der Waals surface area (Å²) < 4.78 is 32.0. The van der Waals surface area contributed by atoms with E-state index < -0.39 is 23.2 Å². The van der Waals surface area contributed by atoms with Gasteiger partial charge >= 0.3 is 5.97 Å². The van der Waals surface area contributed by atoms with Gasteiger partial charge in [-0.1, -0.05) is 18.2 Å². The minimum Gasteiger partial charge on any atom is -0.480 e. The number of anilines is 1. The number of carboxylic acids is 1. The first-order valence-electron chi connectivity index (χ1n) is 10.0. The van der Waals surface area contributed by atoms with Gasteiger partial charge in [0.15, 0.2) is 11.6 Å². The fraction of sp³-hybridized carbons (Fsp3) is 0.261. The topological polar surface area (TPSA) is 88.5 Å². The standard InChI is InChI=1S/C23H20F2N2O4S/c24-17-7-2-14(10-18(17)25)11-20(28)27-16-5-3-15(4-6-16)19-12-26-22(32-19)23(8-1-9-23)31-13-21(29)30/h2-7,10,12H,1,8-9,11,13H2,(H,27,28)(H,29,30). The van der Waals surface area contributed by atoms with Crippen LogP contribution < -0.4 is 5.32 Å². The number of aliphatic carboxylic acids is 1. The van der Waals surface area contributed by atoms with Crippen molar-refractivity contribution in [3.05, 3.63) is 70.9 Å². The molecule has 2 N–H and O–H groups in total. The Kier molecular flexibility index (Phi) is 6.29. The predicted octanol–water partition coefficient (Wildman–Crippen LogP) is 4.75. The first-order valence-corrected chi connectivity index (χ1v) is 10.8. The molecule has 0 unspecified atom stereocenters. The van der Waals surface area contributed by atoms with Crippen molar-refractivity contribution in [1.29, 1.82) is 0 Å². The number of carbonyl (C=O) groups excluding carboxylic acids is 1. The van der Waals surface area contributed by atoms with E-state index in [1.807, 2.05) is 12.1 Å². The van der Waals surface area contributed by atoms with Crippen LogP contribution in [0.5, 0.6) is 0 Å². The molecule has 0 atom stereocenters. The third-order valence-corrected chi connectivity index (χ3v) is 6.56. The van der Waals surface area contributed by atoms with Crippen LogP contribution in [0.15, 0.2) is 48.7 Å². The zero-order valence-electron chi connectivity index (χ0n) is 16.9. The molecule has 32 heavy (non-hydrogen) atoms. The van der Waals surface area contributed by atoms with Crippen LogP contribution in [0, 0.1) is 11.6 Å². The van der Waals surface area contributed by atoms with Crippen molar-refractivity contribution < 1.29 is 28.2 Å². The molecule has 1 saturated carbocycles. The number of halogens is 2. The normalized spacial score (nSPS) is 14.6. The average Bonchev–Trinajstić information content (AvgIpc) is 3.21. The fourth-order valence-electron chi connectivity index (χ4n) is 3.49. The highest BCUT2D eigenvalue weighted by Gasteiger charge is 2.43. The molecule has 1 fully saturated rings. The van der Waals surface area contributed by atoms with Crippen molar-refractivity contribution in [2.24, 2.45) is 0 Å². The van der Waals surface area contributed by atoms with Gasteiger partial charge in [0.05, 0.1) is 11.3 Å². The molecule has 6 nitrogen and oxygen atoms in total. The van der Waals surface area contributed by atoms with Gasteiger partial charge in [-0.25, -0.2) is 18.6 Å². The number of amides is 1. The maximum atomic E-state index is 13.3. The van der Waals surface area contributed by atoms with E-state index in [4.69, 9.17) is 9.84 Å². The smallest absolute Gasteiger partial charge is 0.329 e. The molecule has 0 aliphatic heterocycles. The second-order valence-electron chi connectivity index (χ2n) is 7.61. The van der Waals surface area contributed by atoms with E-state index in [0.29, 0.717) is 11.3 Å². The lowest BCUT2D eigenvalue weighted by Crippen LogP contribution is -2.38. The Hall–Kier alpha value is -3.17. The second kappa shape index (κ2) is 9.13. The number of rotatable bonds is 8. The number of aromatic nitrogens is 1. The predicted molar refractivity (Wildman–Crippen MR) is 115 cm³/mol. The Morgan fingerprint density at radius 3 is 2.50 bits per heavy atom. The summed E-state index contributed by atoms with van der Waals surface area (Å²) in [6.45, 7) is -0.353. The van der Waals surface area contributed by atoms with Crippen LogP contribution in [-0.4, -0.2) is 28.6 Å². The Labute approximate surface area is 186 Å². The lowest BCUT2D eigenvalue weighted by molar-refractivity contribution is -0.159. The molecule has 1 aliphatic carbocycles. The molecule has 0 radical (unpaired) electrons. The zero-order chi connectivity index (χ0) is 22.7. The summed E-state index contributed by atoms with van der Waals surface area (Å²) in [4.78, 5) is 28.5. The maximum absolute atomic E-state index is 13.3. The monoisotopic (exact) mass is 458 g/mol. The van der Waals surface area contributed by atoms with Crippen LogP contribution in [0.2, 0.25) is 0 Å². The number of carboxylic acid groups (broad SMARTS) is 1. The van der Waals surface area contributed by atoms with Crippen molar-refractivity contribution in [1.82, 2.24) is 4.98 Å². The summed E-state index contributed by atoms with van der Waals surface area (Å²) in [6.07, 6.45) is 4.12. The molecule has 0 bridgehead atoms. The number of nitrogens with one attached hydrogen (secondary N) is 1. The first-order chi connectivity index (χ1) is 15.3. The van der Waals surface area contributed by atoms with E-state index >= 15 is 0 Å². The van der Waals surface area contributed by atoms with Crippen LogP contribution >= 0.6 is 11.3 Å². The first kappa shape index (κ1) is 22.0. The largest absolute Gasteiger partial charge is 0.480 e. The van der Waals surface area contributed by atoms with Gasteiger partial charge in [-0.3, -0.25) is 4.79 Å². The van der Waals surface area contributed by atoms with Crippen LogP contribution in [0.1, 0.15) is 29.8 Å². The molecule has 9 heteroatoms. The molecule has 166 valence electrons. The fourth-order valence-corrected chi connectivity index (χ4v) is 4.62. The van der Waals surface area contributed by atoms with Crippen molar-refractivity contribution >= 4 is 28.9 Å². The summed E-state index contributed by atoms with van der Waals surface area (Å²) in [5.41, 5.74) is 1.24. The molecular weight excluding hydrogens is 438 g/mol. The quantitative estimate of drug-likeness (QED) is 0.509. The minimum absolute atomic E-state index is 0.0738. The lowest BCUT2D eigenvalue weighted by atomic mass is 9.80. The van der Waals surface area contributed by atoms with Crippen molar-refractivity contribution in [2.45, 2.75) is 31.3 Å². The van der Waals surface area contributed by atoms with Gasteiger partial charge in [-0.15, -0.1) is 11.3 Å². The average molecular weight is 458 g/mol. The summed E-state index contributed by atoms with van der Waals surface area (Å²) in [7, 11) is 0. The molecule has 0 saturated heterocycles. The van der Waals surface area contributed by atoms with E-state index in [2.05, 4.69) is 10.3 Å². The number of ether oxygens (including phenoxy) is 1. The Balaban J connectivity index is 1.40. The van der Waals surface area contributed by atoms with Gasteiger partial charge in [0.1, 0.15) is 17.2 Å². The summed E-state index contributed by atoms with van der Waals surface area (Å²) >= 11 is 1.46. The molecule has 4 rings (SSSR count). The molecule has 2 aromatic carbocycles. The SMILES string of the molecule is O=C(O)COC1(c2ncc(-c3ccc(NC(=O)Cc4ccc(F)c(F)c4)cc3)s2)CCC1. The number of hydrogen-bond acceptors (Lipinski definition) is 5. The zero-order valence-corrected chi connectivity index (χ0v) is 17.8. The summed E-state index contributed by atoms with van der Waals surface area (Å²) in [5.74, 6) is -3.28. The molecule has 3 aromatic rings. The van der Waals surface area contributed by atoms with Crippen LogP contribution in [-0.2, 0) is 26.3 Å². The van der Waals surface area contributed by atoms with Gasteiger partial charge in [0.25, 0.3) is 0 Å². The number of hydrogen-bond donors (Lipinski definition) is 2. The van der Waals surface area contributed by atoms with E-state index in [-0.39, 0.29) is 18.9 Å². The Morgan fingerprint density at radius 1 is 1.12 bits per heavy atom. The van der Waals surface area contributed by atoms with Crippen molar-refractivity contribution in [3.63, 3.8) is 0 Å². The van der Waals surface area contributed by atoms with Gasteiger partial charge in [0, 0.05) is 11.9 Å². The molecule has 1 amide bonds. The molecular formula is C23H20F2N2O4S.